The quantitative estimate of drug-likeness (QED) is 0.232. The van der Waals surface area contributed by atoms with Gasteiger partial charge in [-0.25, -0.2) is 15.0 Å². The maximum atomic E-state index is 6.47. The third-order valence-corrected chi connectivity index (χ3v) is 8.26. The minimum absolute atomic E-state index is 0.517. The van der Waals surface area contributed by atoms with Gasteiger partial charge in [0.25, 0.3) is 0 Å². The van der Waals surface area contributed by atoms with E-state index >= 15 is 0 Å². The Balaban J connectivity index is 1.24. The van der Waals surface area contributed by atoms with E-state index in [0.717, 1.165) is 78.1 Å². The van der Waals surface area contributed by atoms with Gasteiger partial charge in [0, 0.05) is 27.3 Å². The van der Waals surface area contributed by atoms with Crippen molar-refractivity contribution in [2.45, 2.75) is 6.17 Å². The van der Waals surface area contributed by atoms with Gasteiger partial charge in [-0.05, 0) is 36.4 Å². The molecule has 0 amide bonds. The Labute approximate surface area is 252 Å². The van der Waals surface area contributed by atoms with Crippen molar-refractivity contribution in [2.24, 2.45) is 9.98 Å². The number of pyridine rings is 1. The third-order valence-electron chi connectivity index (χ3n) is 8.26. The number of hydrogen-bond donors (Lipinski definition) is 1. The van der Waals surface area contributed by atoms with Crippen LogP contribution >= 0.6 is 0 Å². The van der Waals surface area contributed by atoms with Crippen molar-refractivity contribution >= 4 is 55.4 Å². The van der Waals surface area contributed by atoms with Crippen LogP contribution in [0.1, 0.15) is 23.0 Å². The number of para-hydroxylation sites is 2. The lowest BCUT2D eigenvalue weighted by atomic mass is 10.1. The lowest BCUT2D eigenvalue weighted by Crippen LogP contribution is -2.36. The highest BCUT2D eigenvalue weighted by molar-refractivity contribution is 6.23. The van der Waals surface area contributed by atoms with Crippen molar-refractivity contribution in [2.75, 3.05) is 0 Å². The van der Waals surface area contributed by atoms with Crippen LogP contribution in [-0.4, -0.2) is 21.2 Å². The van der Waals surface area contributed by atoms with E-state index in [2.05, 4.69) is 82.7 Å². The van der Waals surface area contributed by atoms with E-state index in [9.17, 15) is 0 Å². The van der Waals surface area contributed by atoms with E-state index in [-0.39, 0.29) is 0 Å². The molecule has 0 saturated carbocycles. The number of hydrogen-bond acceptors (Lipinski definition) is 5. The monoisotopic (exact) mass is 567 g/mol. The lowest BCUT2D eigenvalue weighted by Gasteiger charge is -2.22. The van der Waals surface area contributed by atoms with Gasteiger partial charge in [-0.3, -0.25) is 4.57 Å². The number of amidine groups is 2. The molecule has 0 fully saturated rings. The molecule has 44 heavy (non-hydrogen) atoms. The predicted octanol–water partition coefficient (Wildman–Crippen LogP) is 8.57. The summed E-state index contributed by atoms with van der Waals surface area (Å²) in [6.07, 6.45) is -0.517. The van der Waals surface area contributed by atoms with Gasteiger partial charge in [-0.15, -0.1) is 0 Å². The van der Waals surface area contributed by atoms with Crippen LogP contribution < -0.4 is 5.32 Å². The number of nitrogens with zero attached hydrogens (tertiary/aromatic N) is 4. The summed E-state index contributed by atoms with van der Waals surface area (Å²) in [6.45, 7) is 0. The van der Waals surface area contributed by atoms with Crippen LogP contribution in [0.4, 0.5) is 0 Å². The molecular weight excluding hydrogens is 542 g/mol. The van der Waals surface area contributed by atoms with Crippen LogP contribution in [0.25, 0.3) is 49.6 Å². The van der Waals surface area contributed by atoms with E-state index < -0.39 is 6.17 Å². The molecule has 0 saturated heterocycles. The molecule has 6 nitrogen and oxygen atoms in total. The highest BCUT2D eigenvalue weighted by Gasteiger charge is 2.23. The molecule has 3 aromatic heterocycles. The molecule has 0 atom stereocenters. The van der Waals surface area contributed by atoms with Gasteiger partial charge in [0.1, 0.15) is 28.7 Å². The molecule has 1 aliphatic rings. The number of nitrogens with one attached hydrogen (secondary N) is 1. The van der Waals surface area contributed by atoms with Crippen molar-refractivity contribution in [1.29, 1.82) is 0 Å². The lowest BCUT2D eigenvalue weighted by molar-refractivity contribution is 0.673. The maximum absolute atomic E-state index is 6.47. The number of benzene rings is 5. The van der Waals surface area contributed by atoms with Gasteiger partial charge in [0.05, 0.1) is 22.1 Å². The summed E-state index contributed by atoms with van der Waals surface area (Å²) < 4.78 is 8.69. The molecule has 5 aromatic carbocycles. The van der Waals surface area contributed by atoms with Crippen LogP contribution in [0, 0.1) is 0 Å². The number of aliphatic imine (C=N–C) groups is 2. The van der Waals surface area contributed by atoms with Gasteiger partial charge >= 0.3 is 0 Å². The summed E-state index contributed by atoms with van der Waals surface area (Å²) in [5, 5.41) is 7.89. The van der Waals surface area contributed by atoms with Crippen molar-refractivity contribution in [3.63, 3.8) is 0 Å². The number of fused-ring (bicyclic) bond motifs is 7. The minimum Gasteiger partial charge on any atom is -0.455 e. The second kappa shape index (κ2) is 9.78. The standard InChI is InChI=1S/C38H25N5O/c1-3-12-24(13-4-1)36-40-37(25-14-5-2-6-15-25)42-38(41-36)29-18-11-21-33(39-29)43-30-19-9-7-17-28(30)34-31(43)23-22-27-26-16-8-10-20-32(26)44-35(27)34/h1-23,38H,(H,40,41,42). The van der Waals surface area contributed by atoms with Crippen LogP contribution in [0.2, 0.25) is 0 Å². The second-order valence-electron chi connectivity index (χ2n) is 10.9. The Bertz CT molecular complexity index is 2360. The number of rotatable bonds is 4. The highest BCUT2D eigenvalue weighted by atomic mass is 16.3. The van der Waals surface area contributed by atoms with Crippen molar-refractivity contribution in [3.8, 4) is 5.82 Å². The molecule has 0 aliphatic carbocycles. The summed E-state index contributed by atoms with van der Waals surface area (Å²) in [6, 6.07) is 47.4. The minimum atomic E-state index is -0.517. The van der Waals surface area contributed by atoms with Crippen LogP contribution in [0.3, 0.4) is 0 Å². The summed E-state index contributed by atoms with van der Waals surface area (Å²) >= 11 is 0. The molecule has 0 bridgehead atoms. The highest BCUT2D eigenvalue weighted by Crippen LogP contribution is 2.40. The smallest absolute Gasteiger partial charge is 0.186 e. The molecule has 0 unspecified atom stereocenters. The fraction of sp³-hybridized carbons (Fsp3) is 0.0263. The Kier molecular flexibility index (Phi) is 5.46. The molecule has 1 N–H and O–H groups in total. The normalized spacial score (nSPS) is 13.8. The third kappa shape index (κ3) is 3.85. The largest absolute Gasteiger partial charge is 0.455 e. The zero-order valence-electron chi connectivity index (χ0n) is 23.6. The summed E-state index contributed by atoms with van der Waals surface area (Å²) in [5.41, 5.74) is 6.63. The molecule has 8 aromatic rings. The first-order valence-electron chi connectivity index (χ1n) is 14.7. The SMILES string of the molecule is c1ccc(C2=NC(c3cccc(-n4c5ccccc5c5c6oc7ccccc7c6ccc54)n3)N=C(c3ccccc3)N2)cc1. The fourth-order valence-electron chi connectivity index (χ4n) is 6.26. The van der Waals surface area contributed by atoms with Gasteiger partial charge in [-0.2, -0.15) is 0 Å². The van der Waals surface area contributed by atoms with Crippen LogP contribution in [0.5, 0.6) is 0 Å². The Morgan fingerprint density at radius 1 is 0.545 bits per heavy atom. The summed E-state index contributed by atoms with van der Waals surface area (Å²) in [5.74, 6) is 2.33. The van der Waals surface area contributed by atoms with Crippen LogP contribution in [-0.2, 0) is 0 Å². The van der Waals surface area contributed by atoms with Crippen LogP contribution in [0.15, 0.2) is 154 Å². The van der Waals surface area contributed by atoms with Gasteiger partial charge in [-0.1, -0.05) is 103 Å². The molecule has 0 radical (unpaired) electrons. The summed E-state index contributed by atoms with van der Waals surface area (Å²) in [4.78, 5) is 15.3. The van der Waals surface area contributed by atoms with Crippen molar-refractivity contribution in [3.05, 3.63) is 156 Å². The van der Waals surface area contributed by atoms with E-state index in [0.29, 0.717) is 0 Å². The van der Waals surface area contributed by atoms with Crippen molar-refractivity contribution < 1.29 is 4.42 Å². The topological polar surface area (TPSA) is 67.7 Å². The second-order valence-corrected chi connectivity index (χ2v) is 10.9. The van der Waals surface area contributed by atoms with E-state index in [1.807, 2.05) is 66.7 Å². The Morgan fingerprint density at radius 3 is 1.95 bits per heavy atom. The average molecular weight is 568 g/mol. The van der Waals surface area contributed by atoms with Crippen molar-refractivity contribution in [1.82, 2.24) is 14.9 Å². The molecular formula is C38H25N5O. The zero-order chi connectivity index (χ0) is 29.0. The molecule has 9 rings (SSSR count). The van der Waals surface area contributed by atoms with E-state index in [4.69, 9.17) is 19.4 Å². The van der Waals surface area contributed by atoms with E-state index in [1.54, 1.807) is 0 Å². The molecule has 1 aliphatic heterocycles. The van der Waals surface area contributed by atoms with Gasteiger partial charge in [0.2, 0.25) is 0 Å². The first kappa shape index (κ1) is 24.6. The number of furan rings is 1. The van der Waals surface area contributed by atoms with E-state index in [1.165, 1.54) is 0 Å². The Morgan fingerprint density at radius 2 is 1.20 bits per heavy atom. The van der Waals surface area contributed by atoms with Gasteiger partial charge in [0.15, 0.2) is 6.17 Å². The predicted molar refractivity (Wildman–Crippen MR) is 178 cm³/mol. The first-order valence-corrected chi connectivity index (χ1v) is 14.7. The molecule has 208 valence electrons. The summed E-state index contributed by atoms with van der Waals surface area (Å²) in [7, 11) is 0. The zero-order valence-corrected chi connectivity index (χ0v) is 23.6. The van der Waals surface area contributed by atoms with Gasteiger partial charge < -0.3 is 9.73 Å². The molecule has 4 heterocycles. The maximum Gasteiger partial charge on any atom is 0.186 e. The fourth-order valence-corrected chi connectivity index (χ4v) is 6.26. The Hall–Kier alpha value is -6.01. The first-order chi connectivity index (χ1) is 21.8. The molecule has 6 heteroatoms. The molecule has 0 spiro atoms. The number of aromatic nitrogens is 2. The average Bonchev–Trinajstić information content (AvgIpc) is 3.65.